The normalized spacial score (nSPS) is 10.6. The van der Waals surface area contributed by atoms with Gasteiger partial charge in [-0.3, -0.25) is 0 Å². The van der Waals surface area contributed by atoms with E-state index in [0.717, 1.165) is 36.8 Å². The lowest BCUT2D eigenvalue weighted by Crippen LogP contribution is -2.05. The van der Waals surface area contributed by atoms with E-state index in [0.29, 0.717) is 16.4 Å². The number of unbranched alkanes of at least 4 members (excludes halogenated alkanes) is 1. The van der Waals surface area contributed by atoms with Crippen LogP contribution in [0.1, 0.15) is 18.4 Å². The van der Waals surface area contributed by atoms with Gasteiger partial charge in [0, 0.05) is 23.5 Å². The summed E-state index contributed by atoms with van der Waals surface area (Å²) in [6.45, 7) is 1.68. The van der Waals surface area contributed by atoms with E-state index in [4.69, 9.17) is 11.6 Å². The van der Waals surface area contributed by atoms with Gasteiger partial charge < -0.3 is 9.88 Å². The molecule has 7 heteroatoms. The predicted molar refractivity (Wildman–Crippen MR) is 89.2 cm³/mol. The van der Waals surface area contributed by atoms with Gasteiger partial charge in [-0.25, -0.2) is 4.98 Å². The standard InChI is InChI=1S/C16H15ClN6/c17-13-3-4-15-14(8-13)12(9-18)7-16(22-15)19-5-1-2-6-23-10-20-21-11-23/h3-4,7-8,10-11H,1-2,5-6H2,(H,19,22). The summed E-state index contributed by atoms with van der Waals surface area (Å²) in [5.74, 6) is 0.709. The fraction of sp³-hybridized carbons (Fsp3) is 0.250. The summed E-state index contributed by atoms with van der Waals surface area (Å²) in [6.07, 6.45) is 5.42. The average Bonchev–Trinajstić information content (AvgIpc) is 3.07. The van der Waals surface area contributed by atoms with Crippen LogP contribution >= 0.6 is 11.6 Å². The van der Waals surface area contributed by atoms with Crippen molar-refractivity contribution >= 4 is 28.3 Å². The maximum absolute atomic E-state index is 9.30. The van der Waals surface area contributed by atoms with Crippen molar-refractivity contribution in [2.45, 2.75) is 19.4 Å². The van der Waals surface area contributed by atoms with Crippen LogP contribution in [0.3, 0.4) is 0 Å². The van der Waals surface area contributed by atoms with Crippen molar-refractivity contribution in [1.82, 2.24) is 19.7 Å². The number of rotatable bonds is 6. The first-order valence-electron chi connectivity index (χ1n) is 7.33. The lowest BCUT2D eigenvalue weighted by atomic mass is 10.1. The van der Waals surface area contributed by atoms with Crippen LogP contribution in [0.4, 0.5) is 5.82 Å². The summed E-state index contributed by atoms with van der Waals surface area (Å²) in [5, 5.41) is 21.5. The Morgan fingerprint density at radius 3 is 2.78 bits per heavy atom. The fourth-order valence-corrected chi connectivity index (χ4v) is 2.53. The average molecular weight is 327 g/mol. The van der Waals surface area contributed by atoms with Gasteiger partial charge in [0.1, 0.15) is 18.5 Å². The Morgan fingerprint density at radius 1 is 1.17 bits per heavy atom. The van der Waals surface area contributed by atoms with Crippen LogP contribution in [-0.4, -0.2) is 26.3 Å². The number of nitriles is 1. The quantitative estimate of drug-likeness (QED) is 0.703. The Labute approximate surface area is 138 Å². The van der Waals surface area contributed by atoms with Crippen molar-refractivity contribution in [1.29, 1.82) is 5.26 Å². The van der Waals surface area contributed by atoms with E-state index in [1.54, 1.807) is 30.9 Å². The summed E-state index contributed by atoms with van der Waals surface area (Å²) in [4.78, 5) is 4.53. The van der Waals surface area contributed by atoms with E-state index >= 15 is 0 Å². The second-order valence-corrected chi connectivity index (χ2v) is 5.60. The van der Waals surface area contributed by atoms with Crippen LogP contribution in [0.25, 0.3) is 10.9 Å². The highest BCUT2D eigenvalue weighted by molar-refractivity contribution is 6.31. The molecular formula is C16H15ClN6. The molecule has 0 bridgehead atoms. The second kappa shape index (κ2) is 7.07. The molecule has 2 heterocycles. The van der Waals surface area contributed by atoms with Crippen LogP contribution in [0.2, 0.25) is 5.02 Å². The molecule has 0 amide bonds. The van der Waals surface area contributed by atoms with Gasteiger partial charge in [-0.2, -0.15) is 5.26 Å². The topological polar surface area (TPSA) is 79.4 Å². The maximum atomic E-state index is 9.30. The highest BCUT2D eigenvalue weighted by Crippen LogP contribution is 2.23. The number of aromatic nitrogens is 4. The summed E-state index contributed by atoms with van der Waals surface area (Å²) < 4.78 is 1.95. The molecule has 2 aromatic heterocycles. The Kier molecular flexibility index (Phi) is 4.69. The molecule has 116 valence electrons. The van der Waals surface area contributed by atoms with Gasteiger partial charge in [-0.05, 0) is 37.1 Å². The molecule has 0 aliphatic carbocycles. The first-order valence-corrected chi connectivity index (χ1v) is 7.71. The van der Waals surface area contributed by atoms with Crippen LogP contribution in [0, 0.1) is 11.3 Å². The minimum absolute atomic E-state index is 0.574. The molecule has 0 unspecified atom stereocenters. The van der Waals surface area contributed by atoms with Gasteiger partial charge in [0.15, 0.2) is 0 Å². The van der Waals surface area contributed by atoms with Gasteiger partial charge >= 0.3 is 0 Å². The predicted octanol–water partition coefficient (Wildman–Crippen LogP) is 3.24. The van der Waals surface area contributed by atoms with Crippen molar-refractivity contribution in [3.63, 3.8) is 0 Å². The first kappa shape index (κ1) is 15.3. The van der Waals surface area contributed by atoms with E-state index in [9.17, 15) is 5.26 Å². The van der Waals surface area contributed by atoms with Crippen LogP contribution in [-0.2, 0) is 6.54 Å². The SMILES string of the molecule is N#Cc1cc(NCCCCn2cnnc2)nc2ccc(Cl)cc12. The Hall–Kier alpha value is -2.65. The molecular weight excluding hydrogens is 312 g/mol. The van der Waals surface area contributed by atoms with Gasteiger partial charge in [-0.15, -0.1) is 10.2 Å². The van der Waals surface area contributed by atoms with Crippen molar-refractivity contribution in [3.8, 4) is 6.07 Å². The number of aryl methyl sites for hydroxylation is 1. The molecule has 1 aromatic carbocycles. The fourth-order valence-electron chi connectivity index (χ4n) is 2.35. The van der Waals surface area contributed by atoms with E-state index in [2.05, 4.69) is 26.6 Å². The smallest absolute Gasteiger partial charge is 0.127 e. The van der Waals surface area contributed by atoms with Crippen molar-refractivity contribution < 1.29 is 0 Å². The molecule has 0 atom stereocenters. The molecule has 0 aliphatic heterocycles. The lowest BCUT2D eigenvalue weighted by molar-refractivity contribution is 0.619. The number of hydrogen-bond donors (Lipinski definition) is 1. The third-order valence-corrected chi connectivity index (χ3v) is 3.74. The lowest BCUT2D eigenvalue weighted by Gasteiger charge is -2.08. The van der Waals surface area contributed by atoms with E-state index in [1.807, 2.05) is 10.6 Å². The largest absolute Gasteiger partial charge is 0.370 e. The minimum Gasteiger partial charge on any atom is -0.370 e. The number of halogens is 1. The van der Waals surface area contributed by atoms with Crippen LogP contribution in [0.5, 0.6) is 0 Å². The molecule has 0 saturated carbocycles. The minimum atomic E-state index is 0.574. The number of hydrogen-bond acceptors (Lipinski definition) is 5. The zero-order valence-corrected chi connectivity index (χ0v) is 13.2. The zero-order chi connectivity index (χ0) is 16.1. The number of nitrogens with zero attached hydrogens (tertiary/aromatic N) is 5. The number of nitrogens with one attached hydrogen (secondary N) is 1. The molecule has 0 saturated heterocycles. The van der Waals surface area contributed by atoms with Crippen molar-refractivity contribution in [3.05, 3.63) is 47.5 Å². The van der Waals surface area contributed by atoms with E-state index in [1.165, 1.54) is 0 Å². The van der Waals surface area contributed by atoms with E-state index < -0.39 is 0 Å². The van der Waals surface area contributed by atoms with E-state index in [-0.39, 0.29) is 0 Å². The Morgan fingerprint density at radius 2 is 2.00 bits per heavy atom. The molecule has 1 N–H and O–H groups in total. The molecule has 6 nitrogen and oxygen atoms in total. The van der Waals surface area contributed by atoms with Gasteiger partial charge in [0.2, 0.25) is 0 Å². The highest BCUT2D eigenvalue weighted by atomic mass is 35.5. The maximum Gasteiger partial charge on any atom is 0.127 e. The summed E-state index contributed by atoms with van der Waals surface area (Å²) in [7, 11) is 0. The number of fused-ring (bicyclic) bond motifs is 1. The monoisotopic (exact) mass is 326 g/mol. The third-order valence-electron chi connectivity index (χ3n) is 3.51. The highest BCUT2D eigenvalue weighted by Gasteiger charge is 2.06. The summed E-state index contributed by atoms with van der Waals surface area (Å²) in [6, 6.07) is 9.34. The van der Waals surface area contributed by atoms with Gasteiger partial charge in [-0.1, -0.05) is 11.6 Å². The van der Waals surface area contributed by atoms with Crippen molar-refractivity contribution in [2.75, 3.05) is 11.9 Å². The van der Waals surface area contributed by atoms with Crippen LogP contribution < -0.4 is 5.32 Å². The molecule has 0 radical (unpaired) electrons. The molecule has 0 aliphatic rings. The number of anilines is 1. The summed E-state index contributed by atoms with van der Waals surface area (Å²) >= 11 is 5.98. The first-order chi connectivity index (χ1) is 11.3. The summed E-state index contributed by atoms with van der Waals surface area (Å²) in [5.41, 5.74) is 1.34. The third kappa shape index (κ3) is 3.76. The molecule has 3 rings (SSSR count). The molecule has 0 fully saturated rings. The van der Waals surface area contributed by atoms with Gasteiger partial charge in [0.25, 0.3) is 0 Å². The molecule has 23 heavy (non-hydrogen) atoms. The van der Waals surface area contributed by atoms with Crippen LogP contribution in [0.15, 0.2) is 36.9 Å². The second-order valence-electron chi connectivity index (χ2n) is 5.16. The molecule has 0 spiro atoms. The Bertz CT molecular complexity index is 838. The van der Waals surface area contributed by atoms with Crippen molar-refractivity contribution in [2.24, 2.45) is 0 Å². The Balaban J connectivity index is 1.62. The zero-order valence-electron chi connectivity index (χ0n) is 12.4. The molecule has 3 aromatic rings. The van der Waals surface area contributed by atoms with Gasteiger partial charge in [0.05, 0.1) is 17.1 Å². The number of pyridine rings is 1. The number of benzene rings is 1.